The predicted molar refractivity (Wildman–Crippen MR) is 93.3 cm³/mol. The lowest BCUT2D eigenvalue weighted by Gasteiger charge is -2.38. The third-order valence-corrected chi connectivity index (χ3v) is 5.08. The number of benzene rings is 1. The molecule has 0 aliphatic carbocycles. The van der Waals surface area contributed by atoms with Crippen LogP contribution in [-0.2, 0) is 9.53 Å². The van der Waals surface area contributed by atoms with Crippen LogP contribution in [0.5, 0.6) is 5.75 Å². The smallest absolute Gasteiger partial charge is 0.239 e. The lowest BCUT2D eigenvalue weighted by molar-refractivity contribution is -0.135. The lowest BCUT2D eigenvalue weighted by atomic mass is 9.91. The summed E-state index contributed by atoms with van der Waals surface area (Å²) >= 11 is 0. The van der Waals surface area contributed by atoms with E-state index in [1.165, 1.54) is 0 Å². The quantitative estimate of drug-likeness (QED) is 0.894. The number of piperazine rings is 1. The van der Waals surface area contributed by atoms with Crippen molar-refractivity contribution in [2.45, 2.75) is 18.9 Å². The summed E-state index contributed by atoms with van der Waals surface area (Å²) in [5.74, 6) is 1.20. The molecule has 132 valence electrons. The minimum absolute atomic E-state index is 0.0848. The molecule has 2 heterocycles. The maximum atomic E-state index is 12.7. The molecule has 0 aromatic heterocycles. The van der Waals surface area contributed by atoms with E-state index in [4.69, 9.17) is 15.2 Å². The maximum absolute atomic E-state index is 12.7. The monoisotopic (exact) mass is 333 g/mol. The topological polar surface area (TPSA) is 68.0 Å². The van der Waals surface area contributed by atoms with Crippen LogP contribution in [0.15, 0.2) is 24.3 Å². The molecule has 24 heavy (non-hydrogen) atoms. The van der Waals surface area contributed by atoms with Crippen LogP contribution >= 0.6 is 0 Å². The summed E-state index contributed by atoms with van der Waals surface area (Å²) in [4.78, 5) is 16.9. The second-order valence-corrected chi connectivity index (χ2v) is 6.46. The summed E-state index contributed by atoms with van der Waals surface area (Å²) < 4.78 is 10.8. The molecule has 2 N–H and O–H groups in total. The number of hydrogen-bond acceptors (Lipinski definition) is 5. The first-order valence-electron chi connectivity index (χ1n) is 8.71. The number of para-hydroxylation sites is 2. The van der Waals surface area contributed by atoms with Crippen LogP contribution in [0.25, 0.3) is 0 Å². The van der Waals surface area contributed by atoms with E-state index in [9.17, 15) is 4.79 Å². The van der Waals surface area contributed by atoms with Crippen LogP contribution in [0.2, 0.25) is 0 Å². The first kappa shape index (κ1) is 17.0. The molecule has 2 saturated heterocycles. The summed E-state index contributed by atoms with van der Waals surface area (Å²) in [6.07, 6.45) is 1.77. The third-order valence-electron chi connectivity index (χ3n) is 5.08. The molecule has 3 rings (SSSR count). The Labute approximate surface area is 143 Å². The maximum Gasteiger partial charge on any atom is 0.239 e. The first-order chi connectivity index (χ1) is 11.7. The van der Waals surface area contributed by atoms with Gasteiger partial charge in [0.15, 0.2) is 0 Å². The molecule has 1 aromatic carbocycles. The van der Waals surface area contributed by atoms with Crippen molar-refractivity contribution in [3.8, 4) is 5.75 Å². The van der Waals surface area contributed by atoms with Crippen molar-refractivity contribution in [2.24, 2.45) is 11.7 Å². The lowest BCUT2D eigenvalue weighted by Crippen LogP contribution is -2.55. The van der Waals surface area contributed by atoms with Gasteiger partial charge in [-0.15, -0.1) is 0 Å². The number of amides is 1. The molecule has 0 bridgehead atoms. The molecule has 1 unspecified atom stereocenters. The normalized spacial score (nSPS) is 20.8. The van der Waals surface area contributed by atoms with E-state index in [-0.39, 0.29) is 11.8 Å². The van der Waals surface area contributed by atoms with Crippen molar-refractivity contribution in [1.29, 1.82) is 0 Å². The first-order valence-corrected chi connectivity index (χ1v) is 8.71. The van der Waals surface area contributed by atoms with Gasteiger partial charge in [0, 0.05) is 39.4 Å². The van der Waals surface area contributed by atoms with Crippen molar-refractivity contribution >= 4 is 11.6 Å². The SMILES string of the molecule is COc1ccccc1N1CCN(C(=O)C(N)C2CCOCC2)CC1. The van der Waals surface area contributed by atoms with Crippen LogP contribution in [0.1, 0.15) is 12.8 Å². The second-order valence-electron chi connectivity index (χ2n) is 6.46. The summed E-state index contributed by atoms with van der Waals surface area (Å²) in [7, 11) is 1.69. The average Bonchev–Trinajstić information content (AvgIpc) is 2.67. The van der Waals surface area contributed by atoms with E-state index in [0.29, 0.717) is 26.3 Å². The van der Waals surface area contributed by atoms with Gasteiger partial charge in [0.25, 0.3) is 0 Å². The molecule has 6 nitrogen and oxygen atoms in total. The van der Waals surface area contributed by atoms with Gasteiger partial charge in [0.05, 0.1) is 18.8 Å². The molecule has 1 amide bonds. The van der Waals surface area contributed by atoms with Crippen LogP contribution in [0.4, 0.5) is 5.69 Å². The number of carbonyl (C=O) groups is 1. The zero-order valence-electron chi connectivity index (χ0n) is 14.3. The Morgan fingerprint density at radius 2 is 1.88 bits per heavy atom. The van der Waals surface area contributed by atoms with Crippen LogP contribution in [-0.4, -0.2) is 63.4 Å². The number of rotatable bonds is 4. The number of ether oxygens (including phenoxy) is 2. The van der Waals surface area contributed by atoms with Gasteiger partial charge in [0.1, 0.15) is 5.75 Å². The molecule has 1 aromatic rings. The van der Waals surface area contributed by atoms with Gasteiger partial charge in [-0.05, 0) is 30.9 Å². The number of carbonyl (C=O) groups excluding carboxylic acids is 1. The molecule has 0 radical (unpaired) electrons. The highest BCUT2D eigenvalue weighted by atomic mass is 16.5. The Bertz CT molecular complexity index is 552. The Morgan fingerprint density at radius 1 is 1.21 bits per heavy atom. The highest BCUT2D eigenvalue weighted by molar-refractivity contribution is 5.82. The standard InChI is InChI=1S/C18H27N3O3/c1-23-16-5-3-2-4-15(16)20-8-10-21(11-9-20)18(22)17(19)14-6-12-24-13-7-14/h2-5,14,17H,6-13,19H2,1H3. The van der Waals surface area contributed by atoms with E-state index >= 15 is 0 Å². The Morgan fingerprint density at radius 3 is 2.54 bits per heavy atom. The van der Waals surface area contributed by atoms with Crippen molar-refractivity contribution < 1.29 is 14.3 Å². The molecule has 2 aliphatic heterocycles. The predicted octanol–water partition coefficient (Wildman–Crippen LogP) is 1.10. The van der Waals surface area contributed by atoms with E-state index in [0.717, 1.165) is 37.4 Å². The fraction of sp³-hybridized carbons (Fsp3) is 0.611. The van der Waals surface area contributed by atoms with E-state index in [1.807, 2.05) is 23.1 Å². The molecule has 2 aliphatic rings. The minimum atomic E-state index is -0.397. The average molecular weight is 333 g/mol. The molecule has 6 heteroatoms. The van der Waals surface area contributed by atoms with Crippen molar-refractivity contribution in [2.75, 3.05) is 51.4 Å². The highest BCUT2D eigenvalue weighted by Gasteiger charge is 2.31. The van der Waals surface area contributed by atoms with Gasteiger partial charge >= 0.3 is 0 Å². The molecule has 0 spiro atoms. The number of hydrogen-bond donors (Lipinski definition) is 1. The minimum Gasteiger partial charge on any atom is -0.495 e. The molecule has 1 atom stereocenters. The van der Waals surface area contributed by atoms with Gasteiger partial charge in [0.2, 0.25) is 5.91 Å². The second kappa shape index (κ2) is 7.85. The highest BCUT2D eigenvalue weighted by Crippen LogP contribution is 2.28. The largest absolute Gasteiger partial charge is 0.495 e. The summed E-state index contributed by atoms with van der Waals surface area (Å²) in [6.45, 7) is 4.43. The van der Waals surface area contributed by atoms with Crippen molar-refractivity contribution in [1.82, 2.24) is 4.90 Å². The molecule has 2 fully saturated rings. The summed E-state index contributed by atoms with van der Waals surface area (Å²) in [5, 5.41) is 0. The fourth-order valence-corrected chi connectivity index (χ4v) is 3.55. The van der Waals surface area contributed by atoms with Gasteiger partial charge in [-0.1, -0.05) is 12.1 Å². The van der Waals surface area contributed by atoms with E-state index < -0.39 is 6.04 Å². The van der Waals surface area contributed by atoms with E-state index in [2.05, 4.69) is 11.0 Å². The number of anilines is 1. The van der Waals surface area contributed by atoms with E-state index in [1.54, 1.807) is 7.11 Å². The molecular formula is C18H27N3O3. The summed E-state index contributed by atoms with van der Waals surface area (Å²) in [5.41, 5.74) is 7.32. The Kier molecular flexibility index (Phi) is 5.58. The van der Waals surface area contributed by atoms with Crippen LogP contribution in [0.3, 0.4) is 0 Å². The Hall–Kier alpha value is -1.79. The third kappa shape index (κ3) is 3.65. The summed E-state index contributed by atoms with van der Waals surface area (Å²) in [6, 6.07) is 7.61. The van der Waals surface area contributed by atoms with Gasteiger partial charge < -0.3 is 25.0 Å². The van der Waals surface area contributed by atoms with Gasteiger partial charge in [-0.2, -0.15) is 0 Å². The number of nitrogens with two attached hydrogens (primary N) is 1. The Balaban J connectivity index is 1.57. The van der Waals surface area contributed by atoms with Gasteiger partial charge in [-0.25, -0.2) is 0 Å². The number of methoxy groups -OCH3 is 1. The van der Waals surface area contributed by atoms with Gasteiger partial charge in [-0.3, -0.25) is 4.79 Å². The van der Waals surface area contributed by atoms with Crippen LogP contribution < -0.4 is 15.4 Å². The van der Waals surface area contributed by atoms with Crippen molar-refractivity contribution in [3.63, 3.8) is 0 Å². The zero-order valence-corrected chi connectivity index (χ0v) is 14.3. The zero-order chi connectivity index (χ0) is 16.9. The van der Waals surface area contributed by atoms with Crippen molar-refractivity contribution in [3.05, 3.63) is 24.3 Å². The molecule has 0 saturated carbocycles. The number of nitrogens with zero attached hydrogens (tertiary/aromatic N) is 2. The fourth-order valence-electron chi connectivity index (χ4n) is 3.55. The molecular weight excluding hydrogens is 306 g/mol. The van der Waals surface area contributed by atoms with Crippen LogP contribution in [0, 0.1) is 5.92 Å².